The van der Waals surface area contributed by atoms with Crippen LogP contribution >= 0.6 is 0 Å². The predicted molar refractivity (Wildman–Crippen MR) is 91.2 cm³/mol. The van der Waals surface area contributed by atoms with Crippen LogP contribution in [0.25, 0.3) is 10.9 Å². The van der Waals surface area contributed by atoms with Crippen LogP contribution in [0.1, 0.15) is 61.1 Å². The SMILES string of the molecule is CCc1nn(C2CCCC2)c2cc(C(=O)NCCC(=O)O)ccc12. The molecule has 0 bridgehead atoms. The smallest absolute Gasteiger partial charge is 0.305 e. The van der Waals surface area contributed by atoms with Crippen LogP contribution in [0, 0.1) is 0 Å². The van der Waals surface area contributed by atoms with Gasteiger partial charge in [-0.2, -0.15) is 5.10 Å². The van der Waals surface area contributed by atoms with Gasteiger partial charge in [-0.3, -0.25) is 14.3 Å². The Morgan fingerprint density at radius 2 is 2.08 bits per heavy atom. The number of rotatable bonds is 6. The Kier molecular flexibility index (Phi) is 4.83. The third-order valence-electron chi connectivity index (χ3n) is 4.68. The molecule has 6 heteroatoms. The lowest BCUT2D eigenvalue weighted by Gasteiger charge is -2.12. The van der Waals surface area contributed by atoms with E-state index in [0.29, 0.717) is 11.6 Å². The fraction of sp³-hybridized carbons (Fsp3) is 0.500. The molecule has 2 aromatic rings. The molecule has 0 saturated heterocycles. The van der Waals surface area contributed by atoms with Gasteiger partial charge in [0.15, 0.2) is 0 Å². The van der Waals surface area contributed by atoms with Crippen molar-refractivity contribution in [3.8, 4) is 0 Å². The number of aryl methyl sites for hydroxylation is 1. The molecule has 2 N–H and O–H groups in total. The summed E-state index contributed by atoms with van der Waals surface area (Å²) >= 11 is 0. The van der Waals surface area contributed by atoms with Crippen molar-refractivity contribution >= 4 is 22.8 Å². The van der Waals surface area contributed by atoms with Crippen LogP contribution in [0.2, 0.25) is 0 Å². The van der Waals surface area contributed by atoms with E-state index < -0.39 is 5.97 Å². The summed E-state index contributed by atoms with van der Waals surface area (Å²) < 4.78 is 2.09. The Morgan fingerprint density at radius 1 is 1.33 bits per heavy atom. The number of carbonyl (C=O) groups excluding carboxylic acids is 1. The highest BCUT2D eigenvalue weighted by atomic mass is 16.4. The molecule has 0 spiro atoms. The van der Waals surface area contributed by atoms with E-state index in [2.05, 4.69) is 16.9 Å². The van der Waals surface area contributed by atoms with E-state index in [-0.39, 0.29) is 18.9 Å². The van der Waals surface area contributed by atoms with E-state index in [1.165, 1.54) is 12.8 Å². The van der Waals surface area contributed by atoms with Gasteiger partial charge < -0.3 is 10.4 Å². The topological polar surface area (TPSA) is 84.2 Å². The second-order valence-corrected chi connectivity index (χ2v) is 6.31. The van der Waals surface area contributed by atoms with Gasteiger partial charge in [0.05, 0.1) is 23.7 Å². The van der Waals surface area contributed by atoms with Crippen molar-refractivity contribution in [2.75, 3.05) is 6.54 Å². The summed E-state index contributed by atoms with van der Waals surface area (Å²) in [5.41, 5.74) is 2.62. The molecule has 1 heterocycles. The molecule has 6 nitrogen and oxygen atoms in total. The maximum Gasteiger partial charge on any atom is 0.305 e. The molecule has 0 atom stereocenters. The average molecular weight is 329 g/mol. The van der Waals surface area contributed by atoms with Crippen molar-refractivity contribution in [3.05, 3.63) is 29.5 Å². The predicted octanol–water partition coefficient (Wildman–Crippen LogP) is 2.92. The Hall–Kier alpha value is -2.37. The summed E-state index contributed by atoms with van der Waals surface area (Å²) in [6, 6.07) is 6.05. The molecule has 1 amide bonds. The number of nitrogens with zero attached hydrogens (tertiary/aromatic N) is 2. The first-order valence-electron chi connectivity index (χ1n) is 8.61. The van der Waals surface area contributed by atoms with Crippen LogP contribution in [0.5, 0.6) is 0 Å². The van der Waals surface area contributed by atoms with Gasteiger partial charge in [-0.25, -0.2) is 0 Å². The largest absolute Gasteiger partial charge is 0.481 e. The van der Waals surface area contributed by atoms with Crippen molar-refractivity contribution in [2.45, 2.75) is 51.5 Å². The molecule has 3 rings (SSSR count). The molecule has 1 aliphatic rings. The van der Waals surface area contributed by atoms with E-state index in [0.717, 1.165) is 35.9 Å². The maximum atomic E-state index is 12.2. The van der Waals surface area contributed by atoms with Gasteiger partial charge in [-0.05, 0) is 31.4 Å². The normalized spacial score (nSPS) is 15.0. The summed E-state index contributed by atoms with van der Waals surface area (Å²) in [5, 5.41) is 17.2. The standard InChI is InChI=1S/C18H23N3O3/c1-2-15-14-8-7-12(18(24)19-10-9-17(22)23)11-16(14)21(20-15)13-5-3-4-6-13/h7-8,11,13H,2-6,9-10H2,1H3,(H,19,24)(H,22,23). The zero-order valence-electron chi connectivity index (χ0n) is 13.9. The first kappa shape index (κ1) is 16.5. The number of carboxylic acid groups (broad SMARTS) is 1. The number of nitrogens with one attached hydrogen (secondary N) is 1. The molecular weight excluding hydrogens is 306 g/mol. The molecule has 1 fully saturated rings. The van der Waals surface area contributed by atoms with Crippen molar-refractivity contribution in [2.24, 2.45) is 0 Å². The van der Waals surface area contributed by atoms with E-state index in [4.69, 9.17) is 10.2 Å². The summed E-state index contributed by atoms with van der Waals surface area (Å²) in [6.07, 6.45) is 5.50. The minimum atomic E-state index is -0.919. The van der Waals surface area contributed by atoms with Crippen molar-refractivity contribution in [1.29, 1.82) is 0 Å². The van der Waals surface area contributed by atoms with Crippen molar-refractivity contribution < 1.29 is 14.7 Å². The number of aromatic nitrogens is 2. The van der Waals surface area contributed by atoms with Crippen LogP contribution in [-0.4, -0.2) is 33.3 Å². The molecule has 24 heavy (non-hydrogen) atoms. The van der Waals surface area contributed by atoms with Gasteiger partial charge in [-0.1, -0.05) is 25.8 Å². The van der Waals surface area contributed by atoms with Gasteiger partial charge in [-0.15, -0.1) is 0 Å². The second-order valence-electron chi connectivity index (χ2n) is 6.31. The Balaban J connectivity index is 1.89. The monoisotopic (exact) mass is 329 g/mol. The number of fused-ring (bicyclic) bond motifs is 1. The van der Waals surface area contributed by atoms with Crippen molar-refractivity contribution in [1.82, 2.24) is 15.1 Å². The van der Waals surface area contributed by atoms with Gasteiger partial charge in [0.25, 0.3) is 5.91 Å². The van der Waals surface area contributed by atoms with E-state index in [1.807, 2.05) is 12.1 Å². The molecule has 1 saturated carbocycles. The highest BCUT2D eigenvalue weighted by Gasteiger charge is 2.22. The lowest BCUT2D eigenvalue weighted by Crippen LogP contribution is -2.26. The van der Waals surface area contributed by atoms with Gasteiger partial charge in [0.2, 0.25) is 0 Å². The number of benzene rings is 1. The van der Waals surface area contributed by atoms with E-state index >= 15 is 0 Å². The highest BCUT2D eigenvalue weighted by Crippen LogP contribution is 2.33. The van der Waals surface area contributed by atoms with E-state index in [1.54, 1.807) is 6.07 Å². The maximum absolute atomic E-state index is 12.2. The number of aliphatic carboxylic acids is 1. The summed E-state index contributed by atoms with van der Waals surface area (Å²) in [7, 11) is 0. The zero-order valence-corrected chi connectivity index (χ0v) is 13.9. The molecule has 1 aromatic carbocycles. The lowest BCUT2D eigenvalue weighted by atomic mass is 10.1. The molecule has 128 valence electrons. The van der Waals surface area contributed by atoms with Crippen LogP contribution in [-0.2, 0) is 11.2 Å². The van der Waals surface area contributed by atoms with Gasteiger partial charge in [0, 0.05) is 17.5 Å². The van der Waals surface area contributed by atoms with Crippen LogP contribution in [0.15, 0.2) is 18.2 Å². The van der Waals surface area contributed by atoms with E-state index in [9.17, 15) is 9.59 Å². The van der Waals surface area contributed by atoms with Gasteiger partial charge in [0.1, 0.15) is 0 Å². The Labute approximate surface area is 140 Å². The van der Waals surface area contributed by atoms with Crippen molar-refractivity contribution in [3.63, 3.8) is 0 Å². The third-order valence-corrected chi connectivity index (χ3v) is 4.68. The summed E-state index contributed by atoms with van der Waals surface area (Å²) in [6.45, 7) is 2.22. The molecule has 0 unspecified atom stereocenters. The molecule has 0 radical (unpaired) electrons. The molecule has 0 aliphatic heterocycles. The Morgan fingerprint density at radius 3 is 2.75 bits per heavy atom. The number of carbonyl (C=O) groups is 2. The molecule has 1 aliphatic carbocycles. The summed E-state index contributed by atoms with van der Waals surface area (Å²) in [4.78, 5) is 22.8. The van der Waals surface area contributed by atoms with Crippen LogP contribution in [0.3, 0.4) is 0 Å². The first-order chi connectivity index (χ1) is 11.6. The molecule has 1 aromatic heterocycles. The first-order valence-corrected chi connectivity index (χ1v) is 8.61. The number of amides is 1. The van der Waals surface area contributed by atoms with Crippen LogP contribution < -0.4 is 5.32 Å². The molecular formula is C18H23N3O3. The number of carboxylic acids is 1. The van der Waals surface area contributed by atoms with Crippen LogP contribution in [0.4, 0.5) is 0 Å². The fourth-order valence-corrected chi connectivity index (χ4v) is 3.42. The highest BCUT2D eigenvalue weighted by molar-refractivity contribution is 5.98. The Bertz CT molecular complexity index is 760. The number of hydrogen-bond donors (Lipinski definition) is 2. The number of hydrogen-bond acceptors (Lipinski definition) is 3. The zero-order chi connectivity index (χ0) is 17.1. The summed E-state index contributed by atoms with van der Waals surface area (Å²) in [5.74, 6) is -1.16. The fourth-order valence-electron chi connectivity index (χ4n) is 3.42. The second kappa shape index (κ2) is 7.03. The third kappa shape index (κ3) is 3.27. The quantitative estimate of drug-likeness (QED) is 0.853. The minimum absolute atomic E-state index is 0.0754. The lowest BCUT2D eigenvalue weighted by molar-refractivity contribution is -0.136. The van der Waals surface area contributed by atoms with Gasteiger partial charge >= 0.3 is 5.97 Å². The minimum Gasteiger partial charge on any atom is -0.481 e. The average Bonchev–Trinajstić information content (AvgIpc) is 3.20.